The molecule has 0 aromatic heterocycles. The fraction of sp³-hybridized carbons (Fsp3) is 0.533. The summed E-state index contributed by atoms with van der Waals surface area (Å²) in [5.74, 6) is 0. The van der Waals surface area contributed by atoms with Crippen LogP contribution in [0.3, 0.4) is 0 Å². The van der Waals surface area contributed by atoms with E-state index in [1.807, 2.05) is 12.1 Å². The van der Waals surface area contributed by atoms with Gasteiger partial charge in [-0.1, -0.05) is 6.07 Å². The second-order valence-corrected chi connectivity index (χ2v) is 5.37. The SMILES string of the molecule is CN(C)CC1CCCN1c1ccc(CO)cc1C#N. The van der Waals surface area contributed by atoms with Crippen LogP contribution in [0.2, 0.25) is 0 Å². The van der Waals surface area contributed by atoms with Crippen molar-refractivity contribution in [3.8, 4) is 6.07 Å². The van der Waals surface area contributed by atoms with Crippen molar-refractivity contribution < 1.29 is 5.11 Å². The van der Waals surface area contributed by atoms with Crippen LogP contribution in [0.15, 0.2) is 18.2 Å². The number of nitrogens with zero attached hydrogens (tertiary/aromatic N) is 3. The summed E-state index contributed by atoms with van der Waals surface area (Å²) in [6.07, 6.45) is 2.34. The molecular formula is C15H21N3O. The molecule has 0 radical (unpaired) electrons. The monoisotopic (exact) mass is 259 g/mol. The first-order valence-electron chi connectivity index (χ1n) is 6.71. The number of benzene rings is 1. The van der Waals surface area contributed by atoms with Crippen molar-refractivity contribution in [3.63, 3.8) is 0 Å². The first-order chi connectivity index (χ1) is 9.15. The molecule has 4 nitrogen and oxygen atoms in total. The Balaban J connectivity index is 2.28. The molecular weight excluding hydrogens is 238 g/mol. The van der Waals surface area contributed by atoms with Gasteiger partial charge in [0.05, 0.1) is 17.9 Å². The van der Waals surface area contributed by atoms with Crippen molar-refractivity contribution in [3.05, 3.63) is 29.3 Å². The zero-order chi connectivity index (χ0) is 13.8. The number of aliphatic hydroxyl groups is 1. The Labute approximate surface area is 114 Å². The summed E-state index contributed by atoms with van der Waals surface area (Å²) in [6, 6.07) is 8.40. The van der Waals surface area contributed by atoms with Gasteiger partial charge in [-0.25, -0.2) is 0 Å². The van der Waals surface area contributed by atoms with Crippen molar-refractivity contribution in [1.29, 1.82) is 5.26 Å². The van der Waals surface area contributed by atoms with Crippen molar-refractivity contribution >= 4 is 5.69 Å². The lowest BCUT2D eigenvalue weighted by atomic mass is 10.1. The molecule has 1 heterocycles. The average Bonchev–Trinajstić information content (AvgIpc) is 2.85. The summed E-state index contributed by atoms with van der Waals surface area (Å²) >= 11 is 0. The molecule has 0 aliphatic carbocycles. The molecule has 2 rings (SSSR count). The van der Waals surface area contributed by atoms with Crippen molar-refractivity contribution in [2.45, 2.75) is 25.5 Å². The van der Waals surface area contributed by atoms with E-state index in [-0.39, 0.29) is 6.61 Å². The summed E-state index contributed by atoms with van der Waals surface area (Å²) in [7, 11) is 4.16. The normalized spacial score (nSPS) is 18.9. The van der Waals surface area contributed by atoms with Gasteiger partial charge in [-0.2, -0.15) is 5.26 Å². The van der Waals surface area contributed by atoms with Crippen LogP contribution in [0.1, 0.15) is 24.0 Å². The molecule has 1 aromatic rings. The highest BCUT2D eigenvalue weighted by Crippen LogP contribution is 2.29. The van der Waals surface area contributed by atoms with Crippen molar-refractivity contribution in [1.82, 2.24) is 4.90 Å². The fourth-order valence-corrected chi connectivity index (χ4v) is 2.79. The molecule has 0 saturated carbocycles. The topological polar surface area (TPSA) is 50.5 Å². The van der Waals surface area contributed by atoms with Crippen LogP contribution in [0.25, 0.3) is 0 Å². The number of anilines is 1. The largest absolute Gasteiger partial charge is 0.392 e. The molecule has 1 unspecified atom stereocenters. The molecule has 0 spiro atoms. The Morgan fingerprint density at radius 3 is 2.89 bits per heavy atom. The molecule has 19 heavy (non-hydrogen) atoms. The summed E-state index contributed by atoms with van der Waals surface area (Å²) in [4.78, 5) is 4.52. The Bertz CT molecular complexity index is 479. The fourth-order valence-electron chi connectivity index (χ4n) is 2.79. The van der Waals surface area contributed by atoms with E-state index in [0.717, 1.165) is 24.3 Å². The lowest BCUT2D eigenvalue weighted by Crippen LogP contribution is -2.37. The molecule has 1 aliphatic heterocycles. The van der Waals surface area contributed by atoms with E-state index in [0.29, 0.717) is 11.6 Å². The molecule has 4 heteroatoms. The van der Waals surface area contributed by atoms with Gasteiger partial charge in [0, 0.05) is 19.1 Å². The lowest BCUT2D eigenvalue weighted by Gasteiger charge is -2.29. The van der Waals surface area contributed by atoms with Crippen molar-refractivity contribution in [2.75, 3.05) is 32.1 Å². The number of aliphatic hydroxyl groups excluding tert-OH is 1. The van der Waals surface area contributed by atoms with E-state index < -0.39 is 0 Å². The smallest absolute Gasteiger partial charge is 0.101 e. The van der Waals surface area contributed by atoms with E-state index in [1.54, 1.807) is 6.07 Å². The molecule has 1 N–H and O–H groups in total. The van der Waals surface area contributed by atoms with Crippen LogP contribution in [-0.2, 0) is 6.61 Å². The standard InChI is InChI=1S/C15H21N3O/c1-17(2)10-14-4-3-7-18(14)15-6-5-12(11-19)8-13(15)9-16/h5-6,8,14,19H,3-4,7,10-11H2,1-2H3. The summed E-state index contributed by atoms with van der Waals surface area (Å²) in [5.41, 5.74) is 2.46. The van der Waals surface area contributed by atoms with Gasteiger partial charge in [0.15, 0.2) is 0 Å². The maximum Gasteiger partial charge on any atom is 0.101 e. The van der Waals surface area contributed by atoms with Gasteiger partial charge in [0.1, 0.15) is 6.07 Å². The predicted molar refractivity (Wildman–Crippen MR) is 76.0 cm³/mol. The number of likely N-dealkylation sites (N-methyl/N-ethyl adjacent to an activating group) is 1. The van der Waals surface area contributed by atoms with Gasteiger partial charge in [-0.15, -0.1) is 0 Å². The van der Waals surface area contributed by atoms with Gasteiger partial charge < -0.3 is 14.9 Å². The third-order valence-electron chi connectivity index (χ3n) is 3.63. The highest BCUT2D eigenvalue weighted by molar-refractivity contribution is 5.61. The second kappa shape index (κ2) is 6.05. The Morgan fingerprint density at radius 1 is 1.47 bits per heavy atom. The van der Waals surface area contributed by atoms with E-state index in [4.69, 9.17) is 5.11 Å². The summed E-state index contributed by atoms with van der Waals surface area (Å²) in [5, 5.41) is 18.5. The molecule has 0 amide bonds. The first kappa shape index (κ1) is 13.9. The highest BCUT2D eigenvalue weighted by atomic mass is 16.3. The number of nitriles is 1. The van der Waals surface area contributed by atoms with Crippen LogP contribution in [0.5, 0.6) is 0 Å². The first-order valence-corrected chi connectivity index (χ1v) is 6.71. The molecule has 1 fully saturated rings. The van der Waals surface area contributed by atoms with Gasteiger partial charge in [0.25, 0.3) is 0 Å². The minimum absolute atomic E-state index is 0.0178. The summed E-state index contributed by atoms with van der Waals surface area (Å²) < 4.78 is 0. The third kappa shape index (κ3) is 3.06. The Kier molecular flexibility index (Phi) is 4.41. The van der Waals surface area contributed by atoms with E-state index in [2.05, 4.69) is 30.0 Å². The van der Waals surface area contributed by atoms with Gasteiger partial charge in [-0.05, 0) is 44.6 Å². The Hall–Kier alpha value is -1.57. The maximum absolute atomic E-state index is 9.30. The highest BCUT2D eigenvalue weighted by Gasteiger charge is 2.26. The van der Waals surface area contributed by atoms with Gasteiger partial charge >= 0.3 is 0 Å². The van der Waals surface area contributed by atoms with Crippen LogP contribution in [0, 0.1) is 11.3 Å². The number of hydrogen-bond donors (Lipinski definition) is 1. The minimum atomic E-state index is -0.0178. The third-order valence-corrected chi connectivity index (χ3v) is 3.63. The van der Waals surface area contributed by atoms with E-state index in [9.17, 15) is 5.26 Å². The van der Waals surface area contributed by atoms with Crippen LogP contribution in [-0.4, -0.2) is 43.2 Å². The molecule has 1 aliphatic rings. The summed E-state index contributed by atoms with van der Waals surface area (Å²) in [6.45, 7) is 1.99. The van der Waals surface area contributed by atoms with Crippen LogP contribution in [0.4, 0.5) is 5.69 Å². The Morgan fingerprint density at radius 2 is 2.26 bits per heavy atom. The molecule has 1 atom stereocenters. The minimum Gasteiger partial charge on any atom is -0.392 e. The number of rotatable bonds is 4. The average molecular weight is 259 g/mol. The second-order valence-electron chi connectivity index (χ2n) is 5.37. The lowest BCUT2D eigenvalue weighted by molar-refractivity contribution is 0.282. The maximum atomic E-state index is 9.30. The predicted octanol–water partition coefficient (Wildman–Crippen LogP) is 1.58. The van der Waals surface area contributed by atoms with Gasteiger partial charge in [-0.3, -0.25) is 0 Å². The molecule has 102 valence electrons. The number of hydrogen-bond acceptors (Lipinski definition) is 4. The molecule has 1 aromatic carbocycles. The van der Waals surface area contributed by atoms with E-state index >= 15 is 0 Å². The van der Waals surface area contributed by atoms with Crippen LogP contribution >= 0.6 is 0 Å². The zero-order valence-corrected chi connectivity index (χ0v) is 11.6. The van der Waals surface area contributed by atoms with Crippen molar-refractivity contribution in [2.24, 2.45) is 0 Å². The molecule has 0 bridgehead atoms. The van der Waals surface area contributed by atoms with Crippen LogP contribution < -0.4 is 4.90 Å². The molecule has 1 saturated heterocycles. The zero-order valence-electron chi connectivity index (χ0n) is 11.6. The van der Waals surface area contributed by atoms with E-state index in [1.165, 1.54) is 12.8 Å². The quantitative estimate of drug-likeness (QED) is 0.892. The van der Waals surface area contributed by atoms with Gasteiger partial charge in [0.2, 0.25) is 0 Å².